The fourth-order valence-electron chi connectivity index (χ4n) is 1.91. The van der Waals surface area contributed by atoms with E-state index in [1.54, 1.807) is 6.07 Å². The summed E-state index contributed by atoms with van der Waals surface area (Å²) in [5.41, 5.74) is -0.600. The number of nitro groups is 1. The molecule has 2 aromatic carbocycles. The van der Waals surface area contributed by atoms with Crippen molar-refractivity contribution in [1.82, 2.24) is 0 Å². The summed E-state index contributed by atoms with van der Waals surface area (Å²) in [6.07, 6.45) is 0. The average Bonchev–Trinajstić information content (AvgIpc) is 2.61. The van der Waals surface area contributed by atoms with Crippen LogP contribution in [0.2, 0.25) is 5.02 Å². The van der Waals surface area contributed by atoms with Crippen molar-refractivity contribution in [1.29, 1.82) is 5.26 Å². The van der Waals surface area contributed by atoms with E-state index in [9.17, 15) is 24.8 Å². The molecule has 0 saturated heterocycles. The van der Waals surface area contributed by atoms with Gasteiger partial charge in [0.05, 0.1) is 16.2 Å². The van der Waals surface area contributed by atoms with E-state index in [2.05, 4.69) is 5.32 Å². The predicted octanol–water partition coefficient (Wildman–Crippen LogP) is 2.62. The first kappa shape index (κ1) is 18.7. The highest BCUT2D eigenvalue weighted by Gasteiger charge is 2.17. The Balaban J connectivity index is 2.03. The molecular formula is C16H10ClN3O6. The second kappa shape index (κ2) is 7.96. The Hall–Kier alpha value is -3.64. The number of phenolic OH excluding ortho intramolecular Hbond substituents is 1. The number of amides is 1. The SMILES string of the molecule is N#Cc1cc([N+](=O)[O-])ccc1NC(=O)COC(=O)c1cc(Cl)ccc1O. The van der Waals surface area contributed by atoms with Crippen LogP contribution in [0.4, 0.5) is 11.4 Å². The molecule has 0 aliphatic carbocycles. The van der Waals surface area contributed by atoms with Gasteiger partial charge in [-0.3, -0.25) is 14.9 Å². The third kappa shape index (κ3) is 4.46. The van der Waals surface area contributed by atoms with Crippen LogP contribution in [0.5, 0.6) is 5.75 Å². The molecule has 9 nitrogen and oxygen atoms in total. The number of anilines is 1. The fraction of sp³-hybridized carbons (Fsp3) is 0.0625. The highest BCUT2D eigenvalue weighted by Crippen LogP contribution is 2.23. The molecule has 0 spiro atoms. The Labute approximate surface area is 151 Å². The van der Waals surface area contributed by atoms with Crippen LogP contribution in [0.1, 0.15) is 15.9 Å². The third-order valence-corrected chi connectivity index (χ3v) is 3.36. The number of hydrogen-bond acceptors (Lipinski definition) is 7. The first-order chi connectivity index (χ1) is 12.3. The second-order valence-electron chi connectivity index (χ2n) is 4.88. The number of carbonyl (C=O) groups excluding carboxylic acids is 2. The molecule has 1 amide bonds. The summed E-state index contributed by atoms with van der Waals surface area (Å²) in [6, 6.07) is 8.80. The quantitative estimate of drug-likeness (QED) is 0.464. The number of nitriles is 1. The zero-order valence-electron chi connectivity index (χ0n) is 12.9. The van der Waals surface area contributed by atoms with Gasteiger partial charge in [0.25, 0.3) is 11.6 Å². The van der Waals surface area contributed by atoms with Crippen molar-refractivity contribution in [3.63, 3.8) is 0 Å². The molecule has 2 N–H and O–H groups in total. The molecule has 2 rings (SSSR count). The molecule has 0 saturated carbocycles. The number of ether oxygens (including phenoxy) is 1. The first-order valence-electron chi connectivity index (χ1n) is 6.96. The summed E-state index contributed by atoms with van der Waals surface area (Å²) < 4.78 is 4.77. The van der Waals surface area contributed by atoms with E-state index in [1.165, 1.54) is 24.3 Å². The van der Waals surface area contributed by atoms with Crippen molar-refractivity contribution in [2.24, 2.45) is 0 Å². The lowest BCUT2D eigenvalue weighted by atomic mass is 10.1. The minimum absolute atomic E-state index is 0.0322. The van der Waals surface area contributed by atoms with Gasteiger partial charge in [0.1, 0.15) is 17.4 Å². The number of nitrogens with one attached hydrogen (secondary N) is 1. The maximum atomic E-state index is 11.9. The number of nitrogens with zero attached hydrogens (tertiary/aromatic N) is 2. The topological polar surface area (TPSA) is 143 Å². The third-order valence-electron chi connectivity index (χ3n) is 3.12. The molecule has 0 bridgehead atoms. The molecule has 0 unspecified atom stereocenters. The largest absolute Gasteiger partial charge is 0.507 e. The number of hydrogen-bond donors (Lipinski definition) is 2. The molecule has 0 radical (unpaired) electrons. The normalized spacial score (nSPS) is 9.85. The molecule has 2 aromatic rings. The monoisotopic (exact) mass is 375 g/mol. The van der Waals surface area contributed by atoms with Crippen LogP contribution in [-0.2, 0) is 9.53 Å². The van der Waals surface area contributed by atoms with Gasteiger partial charge in [0, 0.05) is 17.2 Å². The van der Waals surface area contributed by atoms with E-state index in [0.29, 0.717) is 0 Å². The van der Waals surface area contributed by atoms with Gasteiger partial charge in [-0.25, -0.2) is 4.79 Å². The summed E-state index contributed by atoms with van der Waals surface area (Å²) in [5, 5.41) is 31.8. The van der Waals surface area contributed by atoms with E-state index in [0.717, 1.165) is 12.1 Å². The Kier molecular flexibility index (Phi) is 5.72. The van der Waals surface area contributed by atoms with Gasteiger partial charge in [-0.15, -0.1) is 0 Å². The number of benzene rings is 2. The van der Waals surface area contributed by atoms with Crippen molar-refractivity contribution < 1.29 is 24.4 Å². The molecule has 26 heavy (non-hydrogen) atoms. The number of non-ortho nitro benzene ring substituents is 1. The molecule has 10 heteroatoms. The maximum absolute atomic E-state index is 11.9. The molecule has 0 atom stereocenters. The van der Waals surface area contributed by atoms with E-state index >= 15 is 0 Å². The standard InChI is InChI=1S/C16H10ClN3O6/c17-10-1-4-14(21)12(6-10)16(23)26-8-15(22)19-13-3-2-11(20(24)25)5-9(13)7-18/h1-6,21H,8H2,(H,19,22). The van der Waals surface area contributed by atoms with Gasteiger partial charge in [-0.1, -0.05) is 11.6 Å². The Morgan fingerprint density at radius 1 is 1.31 bits per heavy atom. The Morgan fingerprint density at radius 3 is 2.69 bits per heavy atom. The molecule has 0 aliphatic rings. The van der Waals surface area contributed by atoms with Crippen molar-refractivity contribution in [3.8, 4) is 11.8 Å². The Bertz CT molecular complexity index is 938. The van der Waals surface area contributed by atoms with Crippen molar-refractivity contribution in [3.05, 3.63) is 62.7 Å². The lowest BCUT2D eigenvalue weighted by molar-refractivity contribution is -0.384. The van der Waals surface area contributed by atoms with E-state index < -0.39 is 23.4 Å². The predicted molar refractivity (Wildman–Crippen MR) is 89.8 cm³/mol. The van der Waals surface area contributed by atoms with E-state index in [-0.39, 0.29) is 33.3 Å². The summed E-state index contributed by atoms with van der Waals surface area (Å²) in [7, 11) is 0. The number of halogens is 1. The van der Waals surface area contributed by atoms with Crippen LogP contribution in [0.25, 0.3) is 0 Å². The summed E-state index contributed by atoms with van der Waals surface area (Å²) in [4.78, 5) is 33.7. The Morgan fingerprint density at radius 2 is 2.04 bits per heavy atom. The lowest BCUT2D eigenvalue weighted by Crippen LogP contribution is -2.21. The van der Waals surface area contributed by atoms with Crippen LogP contribution < -0.4 is 5.32 Å². The van der Waals surface area contributed by atoms with Crippen LogP contribution in [0, 0.1) is 21.4 Å². The van der Waals surface area contributed by atoms with Gasteiger partial charge in [-0.05, 0) is 24.3 Å². The van der Waals surface area contributed by atoms with Gasteiger partial charge in [0.2, 0.25) is 0 Å². The molecular weight excluding hydrogens is 366 g/mol. The number of phenols is 1. The van der Waals surface area contributed by atoms with E-state index in [4.69, 9.17) is 21.6 Å². The zero-order valence-corrected chi connectivity index (χ0v) is 13.7. The molecule has 0 aromatic heterocycles. The fourth-order valence-corrected chi connectivity index (χ4v) is 2.09. The van der Waals surface area contributed by atoms with Gasteiger partial charge < -0.3 is 15.2 Å². The molecule has 0 fully saturated rings. The van der Waals surface area contributed by atoms with Crippen LogP contribution in [0.15, 0.2) is 36.4 Å². The summed E-state index contributed by atoms with van der Waals surface area (Å²) in [5.74, 6) is -2.10. The highest BCUT2D eigenvalue weighted by atomic mass is 35.5. The van der Waals surface area contributed by atoms with Crippen molar-refractivity contribution >= 4 is 34.9 Å². The highest BCUT2D eigenvalue weighted by molar-refractivity contribution is 6.31. The van der Waals surface area contributed by atoms with Crippen molar-refractivity contribution in [2.45, 2.75) is 0 Å². The van der Waals surface area contributed by atoms with Crippen LogP contribution in [0.3, 0.4) is 0 Å². The smallest absolute Gasteiger partial charge is 0.342 e. The van der Waals surface area contributed by atoms with Crippen LogP contribution >= 0.6 is 11.6 Å². The minimum atomic E-state index is -0.968. The van der Waals surface area contributed by atoms with Gasteiger partial charge in [0.15, 0.2) is 6.61 Å². The van der Waals surface area contributed by atoms with Gasteiger partial charge in [-0.2, -0.15) is 5.26 Å². The van der Waals surface area contributed by atoms with Crippen LogP contribution in [-0.4, -0.2) is 28.5 Å². The minimum Gasteiger partial charge on any atom is -0.507 e. The summed E-state index contributed by atoms with van der Waals surface area (Å²) in [6.45, 7) is -0.702. The zero-order chi connectivity index (χ0) is 19.3. The molecule has 0 heterocycles. The number of aromatic hydroxyl groups is 1. The van der Waals surface area contributed by atoms with Crippen molar-refractivity contribution in [2.75, 3.05) is 11.9 Å². The number of rotatable bonds is 5. The summed E-state index contributed by atoms with van der Waals surface area (Å²) >= 11 is 5.72. The van der Waals surface area contributed by atoms with E-state index in [1.807, 2.05) is 0 Å². The maximum Gasteiger partial charge on any atom is 0.342 e. The van der Waals surface area contributed by atoms with Gasteiger partial charge >= 0.3 is 5.97 Å². The number of esters is 1. The second-order valence-corrected chi connectivity index (χ2v) is 5.32. The molecule has 0 aliphatic heterocycles. The molecule has 132 valence electrons. The number of nitro benzene ring substituents is 1. The lowest BCUT2D eigenvalue weighted by Gasteiger charge is -2.09. The average molecular weight is 376 g/mol. The number of carbonyl (C=O) groups is 2. The first-order valence-corrected chi connectivity index (χ1v) is 7.33.